The van der Waals surface area contributed by atoms with Gasteiger partial charge < -0.3 is 19.2 Å². The first-order valence-electron chi connectivity index (χ1n) is 9.98. The molecule has 0 radical (unpaired) electrons. The highest BCUT2D eigenvalue weighted by Gasteiger charge is 2.12. The molecule has 0 fully saturated rings. The van der Waals surface area contributed by atoms with Gasteiger partial charge in [-0.15, -0.1) is 11.3 Å². The molecule has 33 heavy (non-hydrogen) atoms. The van der Waals surface area contributed by atoms with E-state index in [-0.39, 0.29) is 24.4 Å². The van der Waals surface area contributed by atoms with Crippen LogP contribution in [0.5, 0.6) is 0 Å². The number of rotatable bonds is 8. The van der Waals surface area contributed by atoms with Gasteiger partial charge in [-0.25, -0.2) is 9.59 Å². The first kappa shape index (κ1) is 23.7. The summed E-state index contributed by atoms with van der Waals surface area (Å²) in [4.78, 5) is 49.0. The van der Waals surface area contributed by atoms with Gasteiger partial charge in [0.15, 0.2) is 0 Å². The molecule has 0 aliphatic rings. The highest BCUT2D eigenvalue weighted by atomic mass is 32.1. The summed E-state index contributed by atoms with van der Waals surface area (Å²) in [5.74, 6) is -0.924. The highest BCUT2D eigenvalue weighted by molar-refractivity contribution is 7.07. The van der Waals surface area contributed by atoms with E-state index in [1.807, 2.05) is 0 Å². The van der Waals surface area contributed by atoms with Gasteiger partial charge in [0.05, 0.1) is 42.7 Å². The third kappa shape index (κ3) is 6.30. The summed E-state index contributed by atoms with van der Waals surface area (Å²) < 4.78 is 16.6. The molecule has 0 unspecified atom stereocenters. The van der Waals surface area contributed by atoms with Crippen molar-refractivity contribution < 1.29 is 28.3 Å². The van der Waals surface area contributed by atoms with Gasteiger partial charge in [-0.3, -0.25) is 14.2 Å². The Morgan fingerprint density at radius 3 is 2.58 bits per heavy atom. The van der Waals surface area contributed by atoms with Crippen LogP contribution < -0.4 is 20.1 Å². The molecule has 10 heteroatoms. The molecule has 0 aliphatic carbocycles. The van der Waals surface area contributed by atoms with Crippen molar-refractivity contribution >= 4 is 41.3 Å². The van der Waals surface area contributed by atoms with Crippen molar-refractivity contribution in [3.8, 4) is 0 Å². The second kappa shape index (κ2) is 11.1. The maximum Gasteiger partial charge on any atom is 0.337 e. The summed E-state index contributed by atoms with van der Waals surface area (Å²) in [6, 6.07) is 9.92. The molecule has 2 aromatic heterocycles. The Kier molecular flexibility index (Phi) is 7.98. The number of thiazole rings is 1. The van der Waals surface area contributed by atoms with Crippen LogP contribution in [-0.2, 0) is 32.2 Å². The van der Waals surface area contributed by atoms with Crippen LogP contribution in [0.15, 0.2) is 51.9 Å². The number of nitrogens with one attached hydrogen (secondary N) is 1. The fourth-order valence-electron chi connectivity index (χ4n) is 2.86. The van der Waals surface area contributed by atoms with Crippen molar-refractivity contribution in [3.05, 3.63) is 79.1 Å². The standard InChI is InChI=1S/C23H22N2O7S/c1-3-31-21(27)12-20-25(14-19(26)24-13-17-5-4-10-32-17)22(28)18(33-20)11-15-6-8-16(9-7-15)23(29)30-2/h4-12H,3,13-14H2,1-2H3,(H,24,26)/b18-11-,20-12?. The van der Waals surface area contributed by atoms with Gasteiger partial charge in [0.1, 0.15) is 17.0 Å². The third-order valence-corrected chi connectivity index (χ3v) is 5.50. The molecule has 0 saturated heterocycles. The van der Waals surface area contributed by atoms with Crippen molar-refractivity contribution in [2.24, 2.45) is 0 Å². The van der Waals surface area contributed by atoms with Crippen LogP contribution in [0.25, 0.3) is 12.2 Å². The molecular weight excluding hydrogens is 448 g/mol. The van der Waals surface area contributed by atoms with E-state index < -0.39 is 23.4 Å². The van der Waals surface area contributed by atoms with Crippen LogP contribution in [0.4, 0.5) is 0 Å². The average Bonchev–Trinajstić information content (AvgIpc) is 3.42. The van der Waals surface area contributed by atoms with Crippen LogP contribution in [0.2, 0.25) is 0 Å². The average molecular weight is 471 g/mol. The largest absolute Gasteiger partial charge is 0.467 e. The van der Waals surface area contributed by atoms with Gasteiger partial charge in [0.2, 0.25) is 5.91 Å². The number of hydrogen-bond acceptors (Lipinski definition) is 8. The normalized spacial score (nSPS) is 11.9. The van der Waals surface area contributed by atoms with Gasteiger partial charge in [-0.2, -0.15) is 0 Å². The number of furan rings is 1. The minimum absolute atomic E-state index is 0.174. The summed E-state index contributed by atoms with van der Waals surface area (Å²) in [5.41, 5.74) is 0.613. The Morgan fingerprint density at radius 2 is 1.94 bits per heavy atom. The van der Waals surface area contributed by atoms with Crippen LogP contribution in [0.1, 0.15) is 28.6 Å². The zero-order valence-corrected chi connectivity index (χ0v) is 18.8. The van der Waals surface area contributed by atoms with Crippen LogP contribution in [-0.4, -0.2) is 36.1 Å². The maximum atomic E-state index is 13.0. The van der Waals surface area contributed by atoms with Crippen LogP contribution in [0, 0.1) is 0 Å². The van der Waals surface area contributed by atoms with Crippen molar-refractivity contribution in [2.75, 3.05) is 13.7 Å². The molecule has 0 saturated carbocycles. The van der Waals surface area contributed by atoms with Gasteiger partial charge in [0, 0.05) is 0 Å². The van der Waals surface area contributed by atoms with Crippen molar-refractivity contribution in [2.45, 2.75) is 20.0 Å². The Labute approximate surface area is 192 Å². The SMILES string of the molecule is CCOC(=O)C=c1s/c(=C\c2ccc(C(=O)OC)cc2)c(=O)n1CC(=O)NCc1ccco1. The van der Waals surface area contributed by atoms with Crippen LogP contribution >= 0.6 is 11.3 Å². The minimum atomic E-state index is -0.613. The lowest BCUT2D eigenvalue weighted by atomic mass is 10.1. The molecule has 3 rings (SSSR count). The number of esters is 2. The lowest BCUT2D eigenvalue weighted by molar-refractivity contribution is -0.135. The number of ether oxygens (including phenoxy) is 2. The topological polar surface area (TPSA) is 117 Å². The second-order valence-electron chi connectivity index (χ2n) is 6.71. The monoisotopic (exact) mass is 470 g/mol. The maximum absolute atomic E-state index is 13.0. The first-order valence-corrected chi connectivity index (χ1v) is 10.8. The Balaban J connectivity index is 1.93. The Hall–Kier alpha value is -3.92. The van der Waals surface area contributed by atoms with Gasteiger partial charge in [-0.05, 0) is 42.8 Å². The summed E-state index contributed by atoms with van der Waals surface area (Å²) >= 11 is 1.06. The van der Waals surface area contributed by atoms with Gasteiger partial charge >= 0.3 is 11.9 Å². The molecule has 0 atom stereocenters. The summed E-state index contributed by atoms with van der Waals surface area (Å²) in [6.07, 6.45) is 4.30. The number of carbonyl (C=O) groups excluding carboxylic acids is 3. The predicted octanol–water partition coefficient (Wildman–Crippen LogP) is 0.778. The zero-order chi connectivity index (χ0) is 23.8. The fourth-order valence-corrected chi connectivity index (χ4v) is 3.89. The van der Waals surface area contributed by atoms with Crippen LogP contribution in [0.3, 0.4) is 0 Å². The molecule has 3 aromatic rings. The third-order valence-electron chi connectivity index (χ3n) is 4.44. The molecular formula is C23H22N2O7S. The molecule has 1 aromatic carbocycles. The van der Waals surface area contributed by atoms with E-state index in [1.165, 1.54) is 24.0 Å². The molecule has 1 amide bonds. The number of amides is 1. The Morgan fingerprint density at radius 1 is 1.18 bits per heavy atom. The van der Waals surface area contributed by atoms with E-state index in [2.05, 4.69) is 10.1 Å². The summed E-state index contributed by atoms with van der Waals surface area (Å²) in [5, 5.41) is 2.68. The molecule has 2 heterocycles. The highest BCUT2D eigenvalue weighted by Crippen LogP contribution is 2.06. The lowest BCUT2D eigenvalue weighted by Crippen LogP contribution is -2.38. The van der Waals surface area contributed by atoms with E-state index in [9.17, 15) is 19.2 Å². The number of nitrogens with zero attached hydrogens (tertiary/aromatic N) is 1. The predicted molar refractivity (Wildman–Crippen MR) is 121 cm³/mol. The first-order chi connectivity index (χ1) is 15.9. The smallest absolute Gasteiger partial charge is 0.337 e. The van der Waals surface area contributed by atoms with E-state index in [1.54, 1.807) is 49.4 Å². The van der Waals surface area contributed by atoms with E-state index in [0.717, 1.165) is 11.3 Å². The summed E-state index contributed by atoms with van der Waals surface area (Å²) in [6.45, 7) is 1.75. The van der Waals surface area contributed by atoms with E-state index in [0.29, 0.717) is 21.4 Å². The van der Waals surface area contributed by atoms with Gasteiger partial charge in [0.25, 0.3) is 5.56 Å². The van der Waals surface area contributed by atoms with Crippen molar-refractivity contribution in [1.29, 1.82) is 0 Å². The number of carbonyl (C=O) groups is 3. The zero-order valence-electron chi connectivity index (χ0n) is 18.0. The quantitative estimate of drug-likeness (QED) is 0.484. The number of hydrogen-bond donors (Lipinski definition) is 1. The molecule has 1 N–H and O–H groups in total. The molecule has 0 spiro atoms. The molecule has 172 valence electrons. The number of benzene rings is 1. The lowest BCUT2D eigenvalue weighted by Gasteiger charge is -2.04. The molecule has 9 nitrogen and oxygen atoms in total. The molecule has 0 aliphatic heterocycles. The van der Waals surface area contributed by atoms with Crippen molar-refractivity contribution in [1.82, 2.24) is 9.88 Å². The van der Waals surface area contributed by atoms with Crippen molar-refractivity contribution in [3.63, 3.8) is 0 Å². The number of methoxy groups -OCH3 is 1. The summed E-state index contributed by atoms with van der Waals surface area (Å²) in [7, 11) is 1.29. The fraction of sp³-hybridized carbons (Fsp3) is 0.217. The number of aromatic nitrogens is 1. The second-order valence-corrected chi connectivity index (χ2v) is 7.77. The van der Waals surface area contributed by atoms with E-state index >= 15 is 0 Å². The van der Waals surface area contributed by atoms with Gasteiger partial charge in [-0.1, -0.05) is 12.1 Å². The Bertz CT molecular complexity index is 1300. The van der Waals surface area contributed by atoms with E-state index in [4.69, 9.17) is 9.15 Å². The molecule has 0 bridgehead atoms. The minimum Gasteiger partial charge on any atom is -0.467 e.